The Morgan fingerprint density at radius 2 is 1.73 bits per heavy atom. The summed E-state index contributed by atoms with van der Waals surface area (Å²) < 4.78 is 0. The first-order chi connectivity index (χ1) is 10.6. The highest BCUT2D eigenvalue weighted by molar-refractivity contribution is 5.96. The number of benzene rings is 1. The monoisotopic (exact) mass is 302 g/mol. The molecule has 0 unspecified atom stereocenters. The number of amides is 2. The van der Waals surface area contributed by atoms with Crippen molar-refractivity contribution in [3.05, 3.63) is 35.4 Å². The molecule has 1 aliphatic carbocycles. The number of rotatable bonds is 5. The first kappa shape index (κ1) is 16.5. The van der Waals surface area contributed by atoms with Crippen LogP contribution in [-0.4, -0.2) is 24.4 Å². The second-order valence-corrected chi connectivity index (χ2v) is 6.36. The van der Waals surface area contributed by atoms with Gasteiger partial charge in [-0.15, -0.1) is 0 Å². The van der Waals surface area contributed by atoms with E-state index in [2.05, 4.69) is 22.8 Å². The van der Waals surface area contributed by atoms with Crippen LogP contribution < -0.4 is 10.6 Å². The van der Waals surface area contributed by atoms with Crippen LogP contribution in [0, 0.1) is 0 Å². The van der Waals surface area contributed by atoms with E-state index < -0.39 is 0 Å². The van der Waals surface area contributed by atoms with Crippen molar-refractivity contribution in [2.24, 2.45) is 0 Å². The summed E-state index contributed by atoms with van der Waals surface area (Å²) in [4.78, 5) is 23.6. The standard InChI is InChI=1S/C18H26N2O2/c1-13(2)20-17(21)12-19-18(22)16-10-8-15(9-11-16)14-6-4-3-5-7-14/h8-11,13-14H,3-7,12H2,1-2H3,(H,19,22)(H,20,21). The molecule has 4 nitrogen and oxygen atoms in total. The molecule has 22 heavy (non-hydrogen) atoms. The Morgan fingerprint density at radius 1 is 1.09 bits per heavy atom. The molecular formula is C18H26N2O2. The lowest BCUT2D eigenvalue weighted by atomic mass is 9.84. The van der Waals surface area contributed by atoms with Crippen molar-refractivity contribution in [3.63, 3.8) is 0 Å². The van der Waals surface area contributed by atoms with Gasteiger partial charge in [-0.05, 0) is 50.3 Å². The molecule has 2 N–H and O–H groups in total. The van der Waals surface area contributed by atoms with E-state index in [1.807, 2.05) is 26.0 Å². The fraction of sp³-hybridized carbons (Fsp3) is 0.556. The van der Waals surface area contributed by atoms with E-state index in [0.717, 1.165) is 0 Å². The highest BCUT2D eigenvalue weighted by atomic mass is 16.2. The van der Waals surface area contributed by atoms with Crippen LogP contribution in [0.5, 0.6) is 0 Å². The first-order valence-corrected chi connectivity index (χ1v) is 8.24. The molecule has 1 saturated carbocycles. The lowest BCUT2D eigenvalue weighted by Gasteiger charge is -2.22. The lowest BCUT2D eigenvalue weighted by molar-refractivity contribution is -0.120. The van der Waals surface area contributed by atoms with Gasteiger partial charge in [-0.25, -0.2) is 0 Å². The molecule has 0 aliphatic heterocycles. The first-order valence-electron chi connectivity index (χ1n) is 8.24. The fourth-order valence-corrected chi connectivity index (χ4v) is 2.98. The smallest absolute Gasteiger partial charge is 0.251 e. The third-order valence-electron chi connectivity index (χ3n) is 4.11. The van der Waals surface area contributed by atoms with Gasteiger partial charge in [0.25, 0.3) is 5.91 Å². The third kappa shape index (κ3) is 4.86. The van der Waals surface area contributed by atoms with Crippen molar-refractivity contribution in [3.8, 4) is 0 Å². The Hall–Kier alpha value is -1.84. The summed E-state index contributed by atoms with van der Waals surface area (Å²) in [6.45, 7) is 3.80. The van der Waals surface area contributed by atoms with Crippen LogP contribution in [0.3, 0.4) is 0 Å². The van der Waals surface area contributed by atoms with E-state index in [-0.39, 0.29) is 24.4 Å². The molecule has 2 rings (SSSR count). The zero-order valence-corrected chi connectivity index (χ0v) is 13.5. The minimum absolute atomic E-state index is 0.0153. The number of hydrogen-bond acceptors (Lipinski definition) is 2. The molecule has 0 bridgehead atoms. The van der Waals surface area contributed by atoms with E-state index in [4.69, 9.17) is 0 Å². The van der Waals surface area contributed by atoms with Crippen LogP contribution in [0.2, 0.25) is 0 Å². The molecule has 0 saturated heterocycles. The van der Waals surface area contributed by atoms with E-state index in [9.17, 15) is 9.59 Å². The molecule has 120 valence electrons. The van der Waals surface area contributed by atoms with Crippen molar-refractivity contribution in [2.45, 2.75) is 57.9 Å². The Kier molecular flexibility index (Phi) is 5.99. The van der Waals surface area contributed by atoms with E-state index in [0.29, 0.717) is 11.5 Å². The molecule has 1 aromatic rings. The van der Waals surface area contributed by atoms with Crippen molar-refractivity contribution >= 4 is 11.8 Å². The van der Waals surface area contributed by atoms with Gasteiger partial charge in [0.15, 0.2) is 0 Å². The molecular weight excluding hydrogens is 276 g/mol. The molecule has 0 atom stereocenters. The average Bonchev–Trinajstić information content (AvgIpc) is 2.53. The Bertz CT molecular complexity index is 502. The van der Waals surface area contributed by atoms with Crippen molar-refractivity contribution in [2.75, 3.05) is 6.54 Å². The summed E-state index contributed by atoms with van der Waals surface area (Å²) in [5.41, 5.74) is 1.94. The summed E-state index contributed by atoms with van der Waals surface area (Å²) in [6.07, 6.45) is 6.45. The molecule has 1 aliphatic rings. The minimum atomic E-state index is -0.200. The van der Waals surface area contributed by atoms with Gasteiger partial charge in [-0.3, -0.25) is 9.59 Å². The van der Waals surface area contributed by atoms with E-state index in [1.54, 1.807) is 0 Å². The van der Waals surface area contributed by atoms with E-state index in [1.165, 1.54) is 37.7 Å². The summed E-state index contributed by atoms with van der Waals surface area (Å²) in [5.74, 6) is 0.277. The van der Waals surface area contributed by atoms with Gasteiger partial charge in [0.1, 0.15) is 0 Å². The SMILES string of the molecule is CC(C)NC(=O)CNC(=O)c1ccc(C2CCCCC2)cc1. The number of carbonyl (C=O) groups is 2. The maximum atomic E-state index is 12.0. The fourth-order valence-electron chi connectivity index (χ4n) is 2.98. The molecule has 4 heteroatoms. The average molecular weight is 302 g/mol. The molecule has 0 aromatic heterocycles. The Balaban J connectivity index is 1.86. The quantitative estimate of drug-likeness (QED) is 0.878. The molecule has 0 spiro atoms. The van der Waals surface area contributed by atoms with Gasteiger partial charge < -0.3 is 10.6 Å². The largest absolute Gasteiger partial charge is 0.352 e. The van der Waals surface area contributed by atoms with Gasteiger partial charge in [-0.2, -0.15) is 0 Å². The van der Waals surface area contributed by atoms with Gasteiger partial charge in [0.2, 0.25) is 5.91 Å². The summed E-state index contributed by atoms with van der Waals surface area (Å²) in [7, 11) is 0. The number of nitrogens with one attached hydrogen (secondary N) is 2. The van der Waals surface area contributed by atoms with Gasteiger partial charge >= 0.3 is 0 Å². The zero-order valence-electron chi connectivity index (χ0n) is 13.5. The molecule has 2 amide bonds. The maximum absolute atomic E-state index is 12.0. The molecule has 1 aromatic carbocycles. The van der Waals surface area contributed by atoms with Crippen LogP contribution in [0.4, 0.5) is 0 Å². The molecule has 1 fully saturated rings. The predicted octanol–water partition coefficient (Wildman–Crippen LogP) is 2.99. The highest BCUT2D eigenvalue weighted by Crippen LogP contribution is 2.32. The number of carbonyl (C=O) groups excluding carboxylic acids is 2. The normalized spacial score (nSPS) is 15.6. The van der Waals surface area contributed by atoms with Gasteiger partial charge in [-0.1, -0.05) is 31.4 Å². The molecule has 0 radical (unpaired) electrons. The predicted molar refractivity (Wildman–Crippen MR) is 87.9 cm³/mol. The second kappa shape index (κ2) is 7.97. The second-order valence-electron chi connectivity index (χ2n) is 6.36. The Morgan fingerprint density at radius 3 is 2.32 bits per heavy atom. The lowest BCUT2D eigenvalue weighted by Crippen LogP contribution is -2.39. The van der Waals surface area contributed by atoms with Crippen molar-refractivity contribution < 1.29 is 9.59 Å². The molecule has 0 heterocycles. The summed E-state index contributed by atoms with van der Waals surface area (Å²) >= 11 is 0. The van der Waals surface area contributed by atoms with E-state index >= 15 is 0 Å². The van der Waals surface area contributed by atoms with Crippen LogP contribution in [0.15, 0.2) is 24.3 Å². The Labute approximate surface area is 132 Å². The van der Waals surface area contributed by atoms with Crippen molar-refractivity contribution in [1.29, 1.82) is 0 Å². The van der Waals surface area contributed by atoms with Crippen LogP contribution in [0.1, 0.15) is 67.8 Å². The number of hydrogen-bond donors (Lipinski definition) is 2. The van der Waals surface area contributed by atoms with Crippen LogP contribution in [0.25, 0.3) is 0 Å². The maximum Gasteiger partial charge on any atom is 0.251 e. The summed E-state index contributed by atoms with van der Waals surface area (Å²) in [6, 6.07) is 7.91. The zero-order chi connectivity index (χ0) is 15.9. The minimum Gasteiger partial charge on any atom is -0.352 e. The highest BCUT2D eigenvalue weighted by Gasteiger charge is 2.16. The van der Waals surface area contributed by atoms with Crippen molar-refractivity contribution in [1.82, 2.24) is 10.6 Å². The summed E-state index contributed by atoms with van der Waals surface area (Å²) in [5, 5.41) is 5.40. The topological polar surface area (TPSA) is 58.2 Å². The van der Waals surface area contributed by atoms with Gasteiger partial charge in [0.05, 0.1) is 6.54 Å². The van der Waals surface area contributed by atoms with Gasteiger partial charge in [0, 0.05) is 11.6 Å². The third-order valence-corrected chi connectivity index (χ3v) is 4.11. The van der Waals surface area contributed by atoms with Crippen LogP contribution in [-0.2, 0) is 4.79 Å². The van der Waals surface area contributed by atoms with Crippen LogP contribution >= 0.6 is 0 Å².